The van der Waals surface area contributed by atoms with Crippen LogP contribution in [0.25, 0.3) is 11.0 Å². The molecule has 0 spiro atoms. The minimum atomic E-state index is -0.431. The summed E-state index contributed by atoms with van der Waals surface area (Å²) in [4.78, 5) is 26.7. The number of nitrogens with one attached hydrogen (secondary N) is 3. The lowest BCUT2D eigenvalue weighted by atomic mass is 10.2. The Morgan fingerprint density at radius 3 is 2.48 bits per heavy atom. The fourth-order valence-electron chi connectivity index (χ4n) is 2.09. The summed E-state index contributed by atoms with van der Waals surface area (Å²) in [7, 11) is 0. The number of rotatable bonds is 4. The predicted octanol–water partition coefficient (Wildman–Crippen LogP) is 2.38. The van der Waals surface area contributed by atoms with Crippen molar-refractivity contribution in [3.05, 3.63) is 68.6 Å². The smallest absolute Gasteiger partial charge is 0.323 e. The molecule has 0 unspecified atom stereocenters. The van der Waals surface area contributed by atoms with Crippen molar-refractivity contribution in [2.24, 2.45) is 0 Å². The molecule has 0 bridgehead atoms. The quantitative estimate of drug-likeness (QED) is 0.505. The first-order chi connectivity index (χ1) is 10.1. The summed E-state index contributed by atoms with van der Waals surface area (Å²) in [5.41, 5.74) is 3.14. The van der Waals surface area contributed by atoms with Crippen LogP contribution in [0.5, 0.6) is 0 Å². The largest absolute Gasteiger partial charge is 0.381 e. The Balaban J connectivity index is 1.73. The molecule has 0 aliphatic heterocycles. The van der Waals surface area contributed by atoms with E-state index in [-0.39, 0.29) is 11.4 Å². The van der Waals surface area contributed by atoms with Crippen LogP contribution in [0.1, 0.15) is 5.56 Å². The summed E-state index contributed by atoms with van der Waals surface area (Å²) < 4.78 is 0. The zero-order valence-corrected chi connectivity index (χ0v) is 10.9. The second-order valence-corrected chi connectivity index (χ2v) is 4.62. The van der Waals surface area contributed by atoms with Gasteiger partial charge in [-0.3, -0.25) is 10.1 Å². The van der Waals surface area contributed by atoms with E-state index in [9.17, 15) is 14.9 Å². The molecule has 3 N–H and O–H groups in total. The Kier molecular flexibility index (Phi) is 3.15. The van der Waals surface area contributed by atoms with Gasteiger partial charge in [-0.2, -0.15) is 0 Å². The van der Waals surface area contributed by atoms with Gasteiger partial charge in [0.25, 0.3) is 5.69 Å². The van der Waals surface area contributed by atoms with Crippen LogP contribution in [0.2, 0.25) is 0 Å². The number of nitro benzene ring substituents is 1. The van der Waals surface area contributed by atoms with Crippen molar-refractivity contribution in [2.75, 3.05) is 5.32 Å². The molecule has 0 atom stereocenters. The number of nitrogens with zero attached hydrogens (tertiary/aromatic N) is 1. The Morgan fingerprint density at radius 2 is 1.76 bits per heavy atom. The van der Waals surface area contributed by atoms with Gasteiger partial charge >= 0.3 is 5.69 Å². The van der Waals surface area contributed by atoms with Crippen molar-refractivity contribution in [2.45, 2.75) is 6.54 Å². The Labute approximate surface area is 118 Å². The van der Waals surface area contributed by atoms with Crippen LogP contribution in [-0.2, 0) is 6.54 Å². The highest BCUT2D eigenvalue weighted by atomic mass is 16.6. The average molecular weight is 284 g/mol. The van der Waals surface area contributed by atoms with Crippen molar-refractivity contribution < 1.29 is 4.92 Å². The number of aromatic amines is 2. The van der Waals surface area contributed by atoms with Crippen LogP contribution in [0.3, 0.4) is 0 Å². The molecule has 0 saturated carbocycles. The normalized spacial score (nSPS) is 10.7. The third-order valence-electron chi connectivity index (χ3n) is 3.16. The van der Waals surface area contributed by atoms with E-state index in [1.165, 1.54) is 12.1 Å². The van der Waals surface area contributed by atoms with Crippen molar-refractivity contribution in [3.8, 4) is 0 Å². The van der Waals surface area contributed by atoms with Crippen molar-refractivity contribution in [1.29, 1.82) is 0 Å². The molecule has 0 amide bonds. The van der Waals surface area contributed by atoms with Crippen molar-refractivity contribution in [3.63, 3.8) is 0 Å². The Morgan fingerprint density at radius 1 is 1.05 bits per heavy atom. The lowest BCUT2D eigenvalue weighted by Crippen LogP contribution is -2.00. The van der Waals surface area contributed by atoms with E-state index < -0.39 is 4.92 Å². The van der Waals surface area contributed by atoms with Gasteiger partial charge in [0.15, 0.2) is 0 Å². The summed E-state index contributed by atoms with van der Waals surface area (Å²) in [6.45, 7) is 0.557. The zero-order valence-electron chi connectivity index (χ0n) is 10.9. The number of benzene rings is 2. The highest BCUT2D eigenvalue weighted by molar-refractivity contribution is 5.75. The molecule has 7 nitrogen and oxygen atoms in total. The monoisotopic (exact) mass is 284 g/mol. The Bertz CT molecular complexity index is 849. The molecule has 1 heterocycles. The van der Waals surface area contributed by atoms with Crippen molar-refractivity contribution in [1.82, 2.24) is 9.97 Å². The van der Waals surface area contributed by atoms with E-state index in [2.05, 4.69) is 15.3 Å². The molecule has 0 radical (unpaired) electrons. The lowest BCUT2D eigenvalue weighted by Gasteiger charge is -2.06. The lowest BCUT2D eigenvalue weighted by molar-refractivity contribution is -0.384. The van der Waals surface area contributed by atoms with Gasteiger partial charge in [0.1, 0.15) is 0 Å². The maximum absolute atomic E-state index is 11.2. The van der Waals surface area contributed by atoms with E-state index >= 15 is 0 Å². The number of nitro groups is 1. The van der Waals surface area contributed by atoms with Crippen LogP contribution in [0, 0.1) is 10.1 Å². The van der Waals surface area contributed by atoms with E-state index in [1.54, 1.807) is 12.1 Å². The van der Waals surface area contributed by atoms with Crippen LogP contribution < -0.4 is 11.0 Å². The standard InChI is InChI=1S/C14H12N4O3/c19-14-16-12-6-1-9(7-13(12)17-14)8-15-10-2-4-11(5-3-10)18(20)21/h1-7,15H,8H2,(H2,16,17,19). The fourth-order valence-corrected chi connectivity index (χ4v) is 2.09. The van der Waals surface area contributed by atoms with Crippen LogP contribution in [0.15, 0.2) is 47.3 Å². The van der Waals surface area contributed by atoms with E-state index in [0.717, 1.165) is 22.3 Å². The first-order valence-corrected chi connectivity index (χ1v) is 6.31. The zero-order chi connectivity index (χ0) is 14.8. The van der Waals surface area contributed by atoms with Gasteiger partial charge in [-0.25, -0.2) is 4.79 Å². The highest BCUT2D eigenvalue weighted by Gasteiger charge is 2.04. The predicted molar refractivity (Wildman–Crippen MR) is 79.3 cm³/mol. The van der Waals surface area contributed by atoms with Crippen LogP contribution >= 0.6 is 0 Å². The van der Waals surface area contributed by atoms with E-state index in [0.29, 0.717) is 6.54 Å². The molecular weight excluding hydrogens is 272 g/mol. The minimum absolute atomic E-state index is 0.0619. The van der Waals surface area contributed by atoms with Crippen LogP contribution in [0.4, 0.5) is 11.4 Å². The summed E-state index contributed by atoms with van der Waals surface area (Å²) in [5.74, 6) is 0. The van der Waals surface area contributed by atoms with Gasteiger partial charge in [0.2, 0.25) is 0 Å². The first kappa shape index (κ1) is 12.9. The second kappa shape index (κ2) is 5.12. The second-order valence-electron chi connectivity index (χ2n) is 4.62. The third kappa shape index (κ3) is 2.76. The number of imidazole rings is 1. The first-order valence-electron chi connectivity index (χ1n) is 6.31. The van der Waals surface area contributed by atoms with E-state index in [4.69, 9.17) is 0 Å². The van der Waals surface area contributed by atoms with Gasteiger partial charge in [-0.1, -0.05) is 6.07 Å². The number of fused-ring (bicyclic) bond motifs is 1. The van der Waals surface area contributed by atoms with Gasteiger partial charge in [-0.15, -0.1) is 0 Å². The molecule has 0 saturated heterocycles. The molecule has 0 aliphatic carbocycles. The van der Waals surface area contributed by atoms with Crippen LogP contribution in [-0.4, -0.2) is 14.9 Å². The number of non-ortho nitro benzene ring substituents is 1. The van der Waals surface area contributed by atoms with E-state index in [1.807, 2.05) is 18.2 Å². The maximum atomic E-state index is 11.2. The highest BCUT2D eigenvalue weighted by Crippen LogP contribution is 2.17. The third-order valence-corrected chi connectivity index (χ3v) is 3.16. The topological polar surface area (TPSA) is 104 Å². The summed E-state index contributed by atoms with van der Waals surface area (Å²) >= 11 is 0. The molecule has 106 valence electrons. The van der Waals surface area contributed by atoms with Gasteiger partial charge in [-0.05, 0) is 29.8 Å². The number of aromatic nitrogens is 2. The minimum Gasteiger partial charge on any atom is -0.381 e. The molecule has 3 rings (SSSR count). The number of H-pyrrole nitrogens is 2. The van der Waals surface area contributed by atoms with Gasteiger partial charge in [0, 0.05) is 24.4 Å². The molecular formula is C14H12N4O3. The average Bonchev–Trinajstić information content (AvgIpc) is 2.84. The molecule has 1 aromatic heterocycles. The summed E-state index contributed by atoms with van der Waals surface area (Å²) in [6, 6.07) is 11.9. The Hall–Kier alpha value is -3.09. The SMILES string of the molecule is O=c1[nH]c2ccc(CNc3ccc([N+](=O)[O-])cc3)cc2[nH]1. The van der Waals surface area contributed by atoms with Gasteiger partial charge in [0.05, 0.1) is 16.0 Å². The van der Waals surface area contributed by atoms with Crippen molar-refractivity contribution >= 4 is 22.4 Å². The fraction of sp³-hybridized carbons (Fsp3) is 0.0714. The molecule has 0 fully saturated rings. The number of hydrogen-bond donors (Lipinski definition) is 3. The number of anilines is 1. The summed E-state index contributed by atoms with van der Waals surface area (Å²) in [6.07, 6.45) is 0. The maximum Gasteiger partial charge on any atom is 0.323 e. The molecule has 2 aromatic carbocycles. The molecule has 7 heteroatoms. The molecule has 21 heavy (non-hydrogen) atoms. The molecule has 3 aromatic rings. The van der Waals surface area contributed by atoms with Gasteiger partial charge < -0.3 is 15.3 Å². The molecule has 0 aliphatic rings. The number of hydrogen-bond acceptors (Lipinski definition) is 4. The summed E-state index contributed by atoms with van der Waals surface area (Å²) in [5, 5.41) is 13.7.